The maximum Gasteiger partial charge on any atom is 0.322 e. The van der Waals surface area contributed by atoms with Gasteiger partial charge in [-0.2, -0.15) is 10.2 Å². The molecule has 0 saturated carbocycles. The Morgan fingerprint density at radius 2 is 2.25 bits per heavy atom. The van der Waals surface area contributed by atoms with E-state index in [-0.39, 0.29) is 11.6 Å². The summed E-state index contributed by atoms with van der Waals surface area (Å²) in [6.07, 6.45) is 1.28. The molecule has 1 atom stereocenters. The van der Waals surface area contributed by atoms with Crippen LogP contribution in [0.1, 0.15) is 19.8 Å². The van der Waals surface area contributed by atoms with Gasteiger partial charge in [0.1, 0.15) is 6.04 Å². The standard InChI is InChI=1S/C7H13N3O2/c1-7(9-10-7)4-3-5(8)6(11)12-2/h5H,3-4,8H2,1-2H3/t5-/m0/s1. The number of ether oxygens (including phenoxy) is 1. The fourth-order valence-corrected chi connectivity index (χ4v) is 0.884. The Bertz CT molecular complexity index is 209. The average molecular weight is 171 g/mol. The zero-order valence-electron chi connectivity index (χ0n) is 7.28. The first-order chi connectivity index (χ1) is 5.57. The molecule has 0 radical (unpaired) electrons. The van der Waals surface area contributed by atoms with E-state index in [1.54, 1.807) is 0 Å². The molecule has 1 rings (SSSR count). The third kappa shape index (κ3) is 2.27. The van der Waals surface area contributed by atoms with Crippen molar-refractivity contribution in [1.82, 2.24) is 0 Å². The van der Waals surface area contributed by atoms with Crippen molar-refractivity contribution < 1.29 is 9.53 Å². The maximum atomic E-state index is 10.8. The van der Waals surface area contributed by atoms with Gasteiger partial charge in [0.15, 0.2) is 5.66 Å². The summed E-state index contributed by atoms with van der Waals surface area (Å²) in [5.41, 5.74) is 5.23. The highest BCUT2D eigenvalue weighted by atomic mass is 16.5. The lowest BCUT2D eigenvalue weighted by Gasteiger charge is -2.09. The van der Waals surface area contributed by atoms with Crippen LogP contribution < -0.4 is 5.73 Å². The maximum absolute atomic E-state index is 10.8. The number of carbonyl (C=O) groups excluding carboxylic acids is 1. The molecule has 0 aromatic carbocycles. The van der Waals surface area contributed by atoms with E-state index in [4.69, 9.17) is 5.73 Å². The van der Waals surface area contributed by atoms with Crippen LogP contribution in [0.2, 0.25) is 0 Å². The summed E-state index contributed by atoms with van der Waals surface area (Å²) in [5, 5.41) is 7.62. The van der Waals surface area contributed by atoms with Crippen molar-refractivity contribution in [3.8, 4) is 0 Å². The van der Waals surface area contributed by atoms with Crippen LogP contribution >= 0.6 is 0 Å². The molecule has 0 fully saturated rings. The van der Waals surface area contributed by atoms with Gasteiger partial charge in [-0.25, -0.2) is 0 Å². The molecule has 0 aromatic rings. The van der Waals surface area contributed by atoms with Crippen molar-refractivity contribution in [2.75, 3.05) is 7.11 Å². The van der Waals surface area contributed by atoms with E-state index in [1.807, 2.05) is 6.92 Å². The summed E-state index contributed by atoms with van der Waals surface area (Å²) < 4.78 is 4.47. The van der Waals surface area contributed by atoms with Crippen LogP contribution in [0.3, 0.4) is 0 Å². The van der Waals surface area contributed by atoms with Crippen LogP contribution in [0.5, 0.6) is 0 Å². The molecule has 5 nitrogen and oxygen atoms in total. The number of esters is 1. The van der Waals surface area contributed by atoms with Crippen LogP contribution in [0.25, 0.3) is 0 Å². The first kappa shape index (κ1) is 9.12. The summed E-state index contributed by atoms with van der Waals surface area (Å²) in [4.78, 5) is 10.8. The highest BCUT2D eigenvalue weighted by molar-refractivity contribution is 5.75. The molecular formula is C7H13N3O2. The van der Waals surface area contributed by atoms with Crippen LogP contribution in [0, 0.1) is 0 Å². The SMILES string of the molecule is COC(=O)[C@@H](N)CCC1(C)N=N1. The molecule has 0 unspecified atom stereocenters. The normalized spacial score (nSPS) is 20.2. The van der Waals surface area contributed by atoms with Crippen LogP contribution in [0.15, 0.2) is 10.2 Å². The lowest BCUT2D eigenvalue weighted by Crippen LogP contribution is -2.32. The molecular weight excluding hydrogens is 158 g/mol. The minimum atomic E-state index is -0.544. The Labute approximate surface area is 71.0 Å². The van der Waals surface area contributed by atoms with Crippen molar-refractivity contribution in [3.63, 3.8) is 0 Å². The minimum Gasteiger partial charge on any atom is -0.468 e. The van der Waals surface area contributed by atoms with Gasteiger partial charge in [-0.05, 0) is 19.8 Å². The second-order valence-electron chi connectivity index (χ2n) is 3.09. The summed E-state index contributed by atoms with van der Waals surface area (Å²) in [6.45, 7) is 1.90. The molecule has 1 aliphatic rings. The Morgan fingerprint density at radius 1 is 1.67 bits per heavy atom. The molecule has 0 aromatic heterocycles. The van der Waals surface area contributed by atoms with Crippen molar-refractivity contribution >= 4 is 5.97 Å². The highest BCUT2D eigenvalue weighted by Crippen LogP contribution is 2.32. The molecule has 68 valence electrons. The Balaban J connectivity index is 2.18. The van der Waals surface area contributed by atoms with E-state index in [1.165, 1.54) is 7.11 Å². The second kappa shape index (κ2) is 3.18. The number of hydrogen-bond acceptors (Lipinski definition) is 5. The van der Waals surface area contributed by atoms with E-state index in [0.29, 0.717) is 12.8 Å². The minimum absolute atomic E-state index is 0.272. The van der Waals surface area contributed by atoms with Gasteiger partial charge in [-0.1, -0.05) is 0 Å². The quantitative estimate of drug-likeness (QED) is 0.624. The Kier molecular flexibility index (Phi) is 2.42. The lowest BCUT2D eigenvalue weighted by molar-refractivity contribution is -0.142. The molecule has 1 heterocycles. The molecule has 12 heavy (non-hydrogen) atoms. The van der Waals surface area contributed by atoms with Gasteiger partial charge in [0.2, 0.25) is 0 Å². The molecule has 0 spiro atoms. The molecule has 1 aliphatic heterocycles. The number of hydrogen-bond donors (Lipinski definition) is 1. The van der Waals surface area contributed by atoms with E-state index >= 15 is 0 Å². The fourth-order valence-electron chi connectivity index (χ4n) is 0.884. The molecule has 0 bridgehead atoms. The number of nitrogens with two attached hydrogens (primary N) is 1. The second-order valence-corrected chi connectivity index (χ2v) is 3.09. The van der Waals surface area contributed by atoms with Gasteiger partial charge in [-0.15, -0.1) is 0 Å². The van der Waals surface area contributed by atoms with Crippen molar-refractivity contribution in [2.24, 2.45) is 16.0 Å². The summed E-state index contributed by atoms with van der Waals surface area (Å²) in [5.74, 6) is -0.376. The zero-order valence-corrected chi connectivity index (χ0v) is 7.28. The van der Waals surface area contributed by atoms with Crippen LogP contribution in [-0.4, -0.2) is 24.8 Å². The predicted molar refractivity (Wildman–Crippen MR) is 42.5 cm³/mol. The Morgan fingerprint density at radius 3 is 2.67 bits per heavy atom. The largest absolute Gasteiger partial charge is 0.468 e. The topological polar surface area (TPSA) is 77.0 Å². The first-order valence-corrected chi connectivity index (χ1v) is 3.85. The van der Waals surface area contributed by atoms with E-state index in [0.717, 1.165) is 0 Å². The molecule has 0 saturated heterocycles. The smallest absolute Gasteiger partial charge is 0.322 e. The van der Waals surface area contributed by atoms with Crippen LogP contribution in [-0.2, 0) is 9.53 Å². The number of carbonyl (C=O) groups is 1. The van der Waals surface area contributed by atoms with Gasteiger partial charge in [0, 0.05) is 0 Å². The van der Waals surface area contributed by atoms with E-state index in [9.17, 15) is 4.79 Å². The fraction of sp³-hybridized carbons (Fsp3) is 0.857. The molecule has 5 heteroatoms. The average Bonchev–Trinajstić information content (AvgIpc) is 2.79. The zero-order chi connectivity index (χ0) is 9.19. The predicted octanol–water partition coefficient (Wildman–Crippen LogP) is 0.449. The third-order valence-electron chi connectivity index (χ3n) is 1.87. The van der Waals surface area contributed by atoms with Crippen molar-refractivity contribution in [1.29, 1.82) is 0 Å². The van der Waals surface area contributed by atoms with E-state index in [2.05, 4.69) is 15.0 Å². The van der Waals surface area contributed by atoms with Gasteiger partial charge in [0.05, 0.1) is 7.11 Å². The Hall–Kier alpha value is -0.970. The number of nitrogens with zero attached hydrogens (tertiary/aromatic N) is 2. The summed E-state index contributed by atoms with van der Waals surface area (Å²) in [6, 6.07) is -0.544. The van der Waals surface area contributed by atoms with Crippen molar-refractivity contribution in [2.45, 2.75) is 31.5 Å². The molecule has 2 N–H and O–H groups in total. The molecule has 0 amide bonds. The van der Waals surface area contributed by atoms with E-state index < -0.39 is 6.04 Å². The lowest BCUT2D eigenvalue weighted by atomic mass is 10.1. The van der Waals surface area contributed by atoms with Gasteiger partial charge in [-0.3, -0.25) is 4.79 Å². The third-order valence-corrected chi connectivity index (χ3v) is 1.87. The monoisotopic (exact) mass is 171 g/mol. The van der Waals surface area contributed by atoms with Crippen LogP contribution in [0.4, 0.5) is 0 Å². The van der Waals surface area contributed by atoms with Gasteiger partial charge in [0.25, 0.3) is 0 Å². The number of rotatable bonds is 4. The first-order valence-electron chi connectivity index (χ1n) is 3.85. The van der Waals surface area contributed by atoms with Gasteiger partial charge >= 0.3 is 5.97 Å². The summed E-state index contributed by atoms with van der Waals surface area (Å²) >= 11 is 0. The molecule has 0 aliphatic carbocycles. The highest BCUT2D eigenvalue weighted by Gasteiger charge is 2.34. The van der Waals surface area contributed by atoms with Crippen molar-refractivity contribution in [3.05, 3.63) is 0 Å². The number of methoxy groups -OCH3 is 1. The van der Waals surface area contributed by atoms with Gasteiger partial charge < -0.3 is 10.5 Å². The summed E-state index contributed by atoms with van der Waals surface area (Å²) in [7, 11) is 1.33.